The molecule has 1 heterocycles. The SMILES string of the molecule is CN(CCC(=O)Nc1ccc(F)c(F)c1)c1c(N)n(Cc2ccccc2)c(=O)[nH]c1=O. The third-order valence-corrected chi connectivity index (χ3v) is 4.66. The Morgan fingerprint density at radius 3 is 2.52 bits per heavy atom. The van der Waals surface area contributed by atoms with Gasteiger partial charge in [0.15, 0.2) is 11.6 Å². The number of anilines is 3. The average Bonchev–Trinajstić information content (AvgIpc) is 2.73. The number of halogens is 2. The number of nitrogens with one attached hydrogen (secondary N) is 2. The van der Waals surface area contributed by atoms with Crippen molar-refractivity contribution < 1.29 is 13.6 Å². The van der Waals surface area contributed by atoms with Gasteiger partial charge in [0.05, 0.1) is 6.54 Å². The fourth-order valence-corrected chi connectivity index (χ4v) is 3.05. The lowest BCUT2D eigenvalue weighted by atomic mass is 10.2. The first kappa shape index (κ1) is 21.8. The maximum Gasteiger partial charge on any atom is 0.330 e. The number of rotatable bonds is 7. The Hall–Kier alpha value is -3.95. The Bertz CT molecular complexity index is 1210. The zero-order valence-electron chi connectivity index (χ0n) is 16.7. The number of nitrogens with zero attached hydrogens (tertiary/aromatic N) is 2. The number of carbonyl (C=O) groups excluding carboxylic acids is 1. The maximum atomic E-state index is 13.3. The highest BCUT2D eigenvalue weighted by molar-refractivity contribution is 5.91. The van der Waals surface area contributed by atoms with Crippen molar-refractivity contribution in [2.75, 3.05) is 29.5 Å². The van der Waals surface area contributed by atoms with E-state index in [-0.39, 0.29) is 36.7 Å². The molecule has 0 bridgehead atoms. The van der Waals surface area contributed by atoms with E-state index in [2.05, 4.69) is 10.3 Å². The molecule has 0 atom stereocenters. The van der Waals surface area contributed by atoms with Crippen LogP contribution in [0.2, 0.25) is 0 Å². The summed E-state index contributed by atoms with van der Waals surface area (Å²) in [6, 6.07) is 12.1. The molecule has 0 aliphatic rings. The Kier molecular flexibility index (Phi) is 6.49. The molecule has 31 heavy (non-hydrogen) atoms. The van der Waals surface area contributed by atoms with Crippen LogP contribution < -0.4 is 27.2 Å². The van der Waals surface area contributed by atoms with E-state index in [0.717, 1.165) is 17.7 Å². The molecule has 0 saturated carbocycles. The molecular formula is C21H21F2N5O3. The number of aromatic nitrogens is 2. The summed E-state index contributed by atoms with van der Waals surface area (Å²) in [6.45, 7) is 0.256. The molecule has 162 valence electrons. The molecule has 0 spiro atoms. The summed E-state index contributed by atoms with van der Waals surface area (Å²) in [4.78, 5) is 40.4. The van der Waals surface area contributed by atoms with Gasteiger partial charge in [0, 0.05) is 31.8 Å². The van der Waals surface area contributed by atoms with Crippen LogP contribution in [0.15, 0.2) is 58.1 Å². The number of aromatic amines is 1. The fraction of sp³-hybridized carbons (Fsp3) is 0.190. The van der Waals surface area contributed by atoms with Gasteiger partial charge in [-0.15, -0.1) is 0 Å². The van der Waals surface area contributed by atoms with Crippen molar-refractivity contribution >= 4 is 23.1 Å². The predicted molar refractivity (Wildman–Crippen MR) is 114 cm³/mol. The summed E-state index contributed by atoms with van der Waals surface area (Å²) in [7, 11) is 1.56. The molecule has 2 aromatic carbocycles. The molecular weight excluding hydrogens is 408 g/mol. The molecule has 4 N–H and O–H groups in total. The van der Waals surface area contributed by atoms with Crippen molar-refractivity contribution in [2.45, 2.75) is 13.0 Å². The van der Waals surface area contributed by atoms with Gasteiger partial charge in [-0.05, 0) is 17.7 Å². The minimum atomic E-state index is -1.07. The van der Waals surface area contributed by atoms with E-state index in [1.807, 2.05) is 30.3 Å². The van der Waals surface area contributed by atoms with Crippen LogP contribution in [0.3, 0.4) is 0 Å². The van der Waals surface area contributed by atoms with Gasteiger partial charge in [-0.25, -0.2) is 13.6 Å². The minimum absolute atomic E-state index is 0.0267. The molecule has 1 amide bonds. The quantitative estimate of drug-likeness (QED) is 0.531. The highest BCUT2D eigenvalue weighted by atomic mass is 19.2. The smallest absolute Gasteiger partial charge is 0.330 e. The van der Waals surface area contributed by atoms with Crippen LogP contribution in [-0.4, -0.2) is 29.1 Å². The van der Waals surface area contributed by atoms with E-state index in [9.17, 15) is 23.2 Å². The number of nitrogen functional groups attached to an aromatic ring is 1. The summed E-state index contributed by atoms with van der Waals surface area (Å²) in [5.74, 6) is -2.58. The molecule has 0 aliphatic carbocycles. The van der Waals surface area contributed by atoms with Crippen LogP contribution in [0.5, 0.6) is 0 Å². The fourth-order valence-electron chi connectivity index (χ4n) is 3.05. The second-order valence-electron chi connectivity index (χ2n) is 6.91. The van der Waals surface area contributed by atoms with Gasteiger partial charge in [-0.3, -0.25) is 19.1 Å². The van der Waals surface area contributed by atoms with Gasteiger partial charge in [-0.1, -0.05) is 30.3 Å². The Morgan fingerprint density at radius 2 is 1.84 bits per heavy atom. The molecule has 0 radical (unpaired) electrons. The number of carbonyl (C=O) groups is 1. The zero-order chi connectivity index (χ0) is 22.5. The van der Waals surface area contributed by atoms with Crippen molar-refractivity contribution in [1.29, 1.82) is 0 Å². The molecule has 10 heteroatoms. The van der Waals surface area contributed by atoms with Gasteiger partial charge >= 0.3 is 5.69 Å². The predicted octanol–water partition coefficient (Wildman–Crippen LogP) is 1.91. The summed E-state index contributed by atoms with van der Waals surface area (Å²) in [6.07, 6.45) is -0.0633. The van der Waals surface area contributed by atoms with Crippen LogP contribution in [0, 0.1) is 11.6 Å². The first-order valence-corrected chi connectivity index (χ1v) is 9.39. The lowest BCUT2D eigenvalue weighted by molar-refractivity contribution is -0.116. The number of amides is 1. The van der Waals surface area contributed by atoms with E-state index in [1.165, 1.54) is 15.5 Å². The molecule has 1 aromatic heterocycles. The van der Waals surface area contributed by atoms with Crippen molar-refractivity contribution in [3.63, 3.8) is 0 Å². The van der Waals surface area contributed by atoms with Crippen LogP contribution in [-0.2, 0) is 11.3 Å². The Labute approximate surface area is 175 Å². The molecule has 0 fully saturated rings. The maximum absolute atomic E-state index is 13.3. The van der Waals surface area contributed by atoms with Gasteiger partial charge in [0.25, 0.3) is 5.56 Å². The lowest BCUT2D eigenvalue weighted by Gasteiger charge is -2.21. The number of H-pyrrole nitrogens is 1. The van der Waals surface area contributed by atoms with Crippen LogP contribution >= 0.6 is 0 Å². The highest BCUT2D eigenvalue weighted by Gasteiger charge is 2.17. The number of nitrogens with two attached hydrogens (primary N) is 1. The number of hydrogen-bond donors (Lipinski definition) is 3. The standard InChI is InChI=1S/C21H21F2N5O3/c1-27(10-9-17(29)25-14-7-8-15(22)16(23)11-14)18-19(24)28(21(31)26-20(18)30)12-13-5-3-2-4-6-13/h2-8,11H,9-10,12,24H2,1H3,(H,25,29)(H,26,30,31). The van der Waals surface area contributed by atoms with E-state index in [4.69, 9.17) is 5.73 Å². The van der Waals surface area contributed by atoms with E-state index in [0.29, 0.717) is 0 Å². The van der Waals surface area contributed by atoms with Crippen molar-refractivity contribution in [1.82, 2.24) is 9.55 Å². The molecule has 0 saturated heterocycles. The Morgan fingerprint density at radius 1 is 1.13 bits per heavy atom. The first-order valence-electron chi connectivity index (χ1n) is 9.39. The molecule has 0 unspecified atom stereocenters. The minimum Gasteiger partial charge on any atom is -0.383 e. The normalized spacial score (nSPS) is 10.7. The number of hydrogen-bond acceptors (Lipinski definition) is 5. The third kappa shape index (κ3) is 5.16. The lowest BCUT2D eigenvalue weighted by Crippen LogP contribution is -2.38. The summed E-state index contributed by atoms with van der Waals surface area (Å²) < 4.78 is 27.5. The van der Waals surface area contributed by atoms with Gasteiger partial charge in [-0.2, -0.15) is 0 Å². The zero-order valence-corrected chi connectivity index (χ0v) is 16.7. The second-order valence-corrected chi connectivity index (χ2v) is 6.91. The molecule has 0 aliphatic heterocycles. The summed E-state index contributed by atoms with van der Waals surface area (Å²) in [5.41, 5.74) is 5.79. The number of benzene rings is 2. The van der Waals surface area contributed by atoms with Gasteiger partial charge < -0.3 is 16.0 Å². The largest absolute Gasteiger partial charge is 0.383 e. The van der Waals surface area contributed by atoms with Crippen LogP contribution in [0.1, 0.15) is 12.0 Å². The summed E-state index contributed by atoms with van der Waals surface area (Å²) >= 11 is 0. The average molecular weight is 429 g/mol. The second kappa shape index (κ2) is 9.24. The third-order valence-electron chi connectivity index (χ3n) is 4.66. The first-order chi connectivity index (χ1) is 14.8. The molecule has 3 aromatic rings. The topological polar surface area (TPSA) is 113 Å². The van der Waals surface area contributed by atoms with Crippen LogP contribution in [0.25, 0.3) is 0 Å². The van der Waals surface area contributed by atoms with E-state index < -0.39 is 28.8 Å². The van der Waals surface area contributed by atoms with Crippen molar-refractivity contribution in [3.05, 3.63) is 86.6 Å². The van der Waals surface area contributed by atoms with Crippen molar-refractivity contribution in [3.8, 4) is 0 Å². The molecule has 8 nitrogen and oxygen atoms in total. The van der Waals surface area contributed by atoms with E-state index in [1.54, 1.807) is 7.05 Å². The molecule has 3 rings (SSSR count). The summed E-state index contributed by atoms with van der Waals surface area (Å²) in [5, 5.41) is 2.45. The van der Waals surface area contributed by atoms with Crippen molar-refractivity contribution in [2.24, 2.45) is 0 Å². The van der Waals surface area contributed by atoms with Gasteiger partial charge in [0.2, 0.25) is 5.91 Å². The highest BCUT2D eigenvalue weighted by Crippen LogP contribution is 2.17. The van der Waals surface area contributed by atoms with E-state index >= 15 is 0 Å². The van der Waals surface area contributed by atoms with Gasteiger partial charge in [0.1, 0.15) is 11.5 Å². The monoisotopic (exact) mass is 429 g/mol. The Balaban J connectivity index is 1.73. The van der Waals surface area contributed by atoms with Crippen LogP contribution in [0.4, 0.5) is 26.0 Å².